The van der Waals surface area contributed by atoms with Crippen LogP contribution in [0.1, 0.15) is 15.9 Å². The summed E-state index contributed by atoms with van der Waals surface area (Å²) in [7, 11) is 1.86. The molecule has 5 nitrogen and oxygen atoms in total. The molecular weight excluding hydrogens is 278 g/mol. The Morgan fingerprint density at radius 2 is 2.09 bits per heavy atom. The number of rotatable bonds is 4. The minimum atomic E-state index is -0.405. The Bertz CT molecular complexity index is 822. The molecule has 0 spiro atoms. The van der Waals surface area contributed by atoms with E-state index < -0.39 is 5.97 Å². The van der Waals surface area contributed by atoms with Crippen molar-refractivity contribution in [1.82, 2.24) is 14.5 Å². The minimum absolute atomic E-state index is 0.216. The van der Waals surface area contributed by atoms with E-state index in [1.807, 2.05) is 43.5 Å². The highest BCUT2D eigenvalue weighted by molar-refractivity contribution is 5.92. The summed E-state index contributed by atoms with van der Waals surface area (Å²) in [5.74, 6) is -0.405. The van der Waals surface area contributed by atoms with Crippen molar-refractivity contribution in [2.45, 2.75) is 0 Å². The first-order valence-corrected chi connectivity index (χ1v) is 6.90. The van der Waals surface area contributed by atoms with Crippen molar-refractivity contribution in [2.24, 2.45) is 7.05 Å². The Balaban J connectivity index is 1.62. The molecule has 0 aliphatic rings. The zero-order valence-electron chi connectivity index (χ0n) is 12.1. The van der Waals surface area contributed by atoms with Crippen LogP contribution in [0.3, 0.4) is 0 Å². The molecule has 0 amide bonds. The van der Waals surface area contributed by atoms with Crippen LogP contribution in [-0.4, -0.2) is 27.1 Å². The van der Waals surface area contributed by atoms with E-state index in [1.54, 1.807) is 23.0 Å². The average molecular weight is 293 g/mol. The van der Waals surface area contributed by atoms with Gasteiger partial charge in [0.25, 0.3) is 0 Å². The van der Waals surface area contributed by atoms with Crippen molar-refractivity contribution in [2.75, 3.05) is 6.61 Å². The van der Waals surface area contributed by atoms with Crippen molar-refractivity contribution < 1.29 is 9.53 Å². The monoisotopic (exact) mass is 293 g/mol. The number of hydrogen-bond acceptors (Lipinski definition) is 4. The second-order valence-corrected chi connectivity index (χ2v) is 4.83. The van der Waals surface area contributed by atoms with E-state index in [1.165, 1.54) is 6.20 Å². The maximum Gasteiger partial charge on any atom is 0.340 e. The van der Waals surface area contributed by atoms with Crippen LogP contribution in [0, 0.1) is 0 Å². The normalized spacial score (nSPS) is 11.1. The number of imidazole rings is 1. The largest absolute Gasteiger partial charge is 0.458 e. The molecule has 0 aliphatic carbocycles. The fourth-order valence-electron chi connectivity index (χ4n) is 2.08. The van der Waals surface area contributed by atoms with E-state index in [0.717, 1.165) is 11.2 Å². The van der Waals surface area contributed by atoms with Gasteiger partial charge in [-0.15, -0.1) is 0 Å². The fraction of sp³-hybridized carbons (Fsp3) is 0.118. The van der Waals surface area contributed by atoms with Gasteiger partial charge in [-0.2, -0.15) is 0 Å². The Morgan fingerprint density at radius 1 is 1.27 bits per heavy atom. The molecule has 0 unspecified atom stereocenters. The Hall–Kier alpha value is -2.95. The number of fused-ring (bicyclic) bond motifs is 1. The van der Waals surface area contributed by atoms with Crippen LogP contribution in [0.15, 0.2) is 55.0 Å². The molecule has 110 valence electrons. The number of carbonyl (C=O) groups is 1. The van der Waals surface area contributed by atoms with E-state index in [0.29, 0.717) is 11.1 Å². The molecule has 0 N–H and O–H groups in total. The standard InChI is InChI=1S/C17H15N3O2/c1-20-12-19-15-10-14(11-18-16(15)20)17(21)22-9-5-8-13-6-3-2-4-7-13/h2-8,10-12H,9H2,1H3. The molecular formula is C17H15N3O2. The van der Waals surface area contributed by atoms with E-state index in [9.17, 15) is 4.79 Å². The molecule has 0 saturated heterocycles. The van der Waals surface area contributed by atoms with Gasteiger partial charge in [0.05, 0.1) is 11.9 Å². The van der Waals surface area contributed by atoms with Gasteiger partial charge in [0.15, 0.2) is 5.65 Å². The maximum atomic E-state index is 12.0. The lowest BCUT2D eigenvalue weighted by atomic mass is 10.2. The number of aryl methyl sites for hydroxylation is 1. The third-order valence-corrected chi connectivity index (χ3v) is 3.21. The average Bonchev–Trinajstić information content (AvgIpc) is 2.93. The molecule has 3 rings (SSSR count). The first kappa shape index (κ1) is 14.0. The summed E-state index contributed by atoms with van der Waals surface area (Å²) in [6.07, 6.45) is 6.88. The molecule has 2 heterocycles. The van der Waals surface area contributed by atoms with Crippen LogP contribution in [0.5, 0.6) is 0 Å². The number of pyridine rings is 1. The van der Waals surface area contributed by atoms with Crippen LogP contribution in [0.4, 0.5) is 0 Å². The number of aromatic nitrogens is 3. The van der Waals surface area contributed by atoms with Gasteiger partial charge in [-0.05, 0) is 17.7 Å². The number of benzene rings is 1. The molecule has 0 radical (unpaired) electrons. The van der Waals surface area contributed by atoms with E-state index in [-0.39, 0.29) is 6.61 Å². The summed E-state index contributed by atoms with van der Waals surface area (Å²) in [6.45, 7) is 0.216. The highest BCUT2D eigenvalue weighted by Crippen LogP contribution is 2.11. The first-order valence-electron chi connectivity index (χ1n) is 6.90. The summed E-state index contributed by atoms with van der Waals surface area (Å²) in [5.41, 5.74) is 2.88. The van der Waals surface area contributed by atoms with Crippen LogP contribution in [0.25, 0.3) is 17.2 Å². The van der Waals surface area contributed by atoms with E-state index in [4.69, 9.17) is 4.74 Å². The van der Waals surface area contributed by atoms with Crippen molar-refractivity contribution in [3.8, 4) is 0 Å². The van der Waals surface area contributed by atoms with Gasteiger partial charge < -0.3 is 9.30 Å². The Kier molecular flexibility index (Phi) is 3.96. The quantitative estimate of drug-likeness (QED) is 0.694. The summed E-state index contributed by atoms with van der Waals surface area (Å²) in [5, 5.41) is 0. The second-order valence-electron chi connectivity index (χ2n) is 4.83. The van der Waals surface area contributed by atoms with Gasteiger partial charge in [-0.25, -0.2) is 14.8 Å². The highest BCUT2D eigenvalue weighted by atomic mass is 16.5. The summed E-state index contributed by atoms with van der Waals surface area (Å²) in [4.78, 5) is 20.4. The predicted molar refractivity (Wildman–Crippen MR) is 84.3 cm³/mol. The highest BCUT2D eigenvalue weighted by Gasteiger charge is 2.10. The molecule has 3 aromatic rings. The van der Waals surface area contributed by atoms with Gasteiger partial charge in [0, 0.05) is 13.2 Å². The van der Waals surface area contributed by atoms with Gasteiger partial charge in [0.2, 0.25) is 0 Å². The molecule has 5 heteroatoms. The zero-order valence-corrected chi connectivity index (χ0v) is 12.1. The van der Waals surface area contributed by atoms with E-state index in [2.05, 4.69) is 9.97 Å². The number of carbonyl (C=O) groups excluding carboxylic acids is 1. The summed E-state index contributed by atoms with van der Waals surface area (Å²) >= 11 is 0. The third-order valence-electron chi connectivity index (χ3n) is 3.21. The van der Waals surface area contributed by atoms with Crippen LogP contribution >= 0.6 is 0 Å². The molecule has 0 fully saturated rings. The molecule has 1 aromatic carbocycles. The lowest BCUT2D eigenvalue weighted by Crippen LogP contribution is -2.05. The summed E-state index contributed by atoms with van der Waals surface area (Å²) < 4.78 is 7.00. The lowest BCUT2D eigenvalue weighted by molar-refractivity contribution is 0.0550. The zero-order chi connectivity index (χ0) is 15.4. The SMILES string of the molecule is Cn1cnc2cc(C(=O)OCC=Cc3ccccc3)cnc21. The Labute approximate surface area is 127 Å². The van der Waals surface area contributed by atoms with E-state index >= 15 is 0 Å². The van der Waals surface area contributed by atoms with Gasteiger partial charge in [-0.3, -0.25) is 0 Å². The lowest BCUT2D eigenvalue weighted by Gasteiger charge is -2.02. The molecule has 22 heavy (non-hydrogen) atoms. The minimum Gasteiger partial charge on any atom is -0.458 e. The molecule has 0 aliphatic heterocycles. The van der Waals surface area contributed by atoms with Crippen LogP contribution in [0.2, 0.25) is 0 Å². The van der Waals surface area contributed by atoms with Crippen molar-refractivity contribution in [1.29, 1.82) is 0 Å². The number of nitrogens with zero attached hydrogens (tertiary/aromatic N) is 3. The van der Waals surface area contributed by atoms with Crippen molar-refractivity contribution in [3.05, 3.63) is 66.1 Å². The third kappa shape index (κ3) is 3.03. The van der Waals surface area contributed by atoms with Gasteiger partial charge in [-0.1, -0.05) is 36.4 Å². The molecule has 0 saturated carbocycles. The van der Waals surface area contributed by atoms with Crippen LogP contribution < -0.4 is 0 Å². The Morgan fingerprint density at radius 3 is 2.91 bits per heavy atom. The fourth-order valence-corrected chi connectivity index (χ4v) is 2.08. The molecule has 0 atom stereocenters. The second kappa shape index (κ2) is 6.22. The summed E-state index contributed by atoms with van der Waals surface area (Å²) in [6, 6.07) is 11.5. The van der Waals surface area contributed by atoms with Crippen LogP contribution in [-0.2, 0) is 11.8 Å². The first-order chi connectivity index (χ1) is 10.7. The maximum absolute atomic E-state index is 12.0. The number of ether oxygens (including phenoxy) is 1. The molecule has 0 bridgehead atoms. The van der Waals surface area contributed by atoms with Gasteiger partial charge >= 0.3 is 5.97 Å². The topological polar surface area (TPSA) is 57.0 Å². The number of hydrogen-bond donors (Lipinski definition) is 0. The molecule has 2 aromatic heterocycles. The predicted octanol–water partition coefficient (Wildman–Crippen LogP) is 2.84. The number of esters is 1. The van der Waals surface area contributed by atoms with Gasteiger partial charge in [0.1, 0.15) is 12.1 Å². The van der Waals surface area contributed by atoms with Crippen molar-refractivity contribution >= 4 is 23.2 Å². The van der Waals surface area contributed by atoms with Crippen molar-refractivity contribution in [3.63, 3.8) is 0 Å². The smallest absolute Gasteiger partial charge is 0.340 e.